The number of carboxylic acids is 1. The minimum absolute atomic E-state index is 0.0748. The molecule has 0 spiro atoms. The molecule has 27 heavy (non-hydrogen) atoms. The number of hydrogen-bond acceptors (Lipinski definition) is 3. The smallest absolute Gasteiger partial charge is 0.322 e. The van der Waals surface area contributed by atoms with E-state index in [1.807, 2.05) is 50.2 Å². The number of rotatable bonds is 6. The van der Waals surface area contributed by atoms with Gasteiger partial charge in [-0.3, -0.25) is 4.79 Å². The van der Waals surface area contributed by atoms with E-state index in [1.165, 1.54) is 6.07 Å². The summed E-state index contributed by atoms with van der Waals surface area (Å²) in [5.41, 5.74) is 2.80. The van der Waals surface area contributed by atoms with E-state index in [2.05, 4.69) is 4.72 Å². The maximum atomic E-state index is 12.9. The van der Waals surface area contributed by atoms with Crippen molar-refractivity contribution >= 4 is 26.8 Å². The number of carbonyl (C=O) groups is 1. The number of aliphatic carboxylic acids is 1. The molecule has 5 nitrogen and oxygen atoms in total. The molecule has 0 fully saturated rings. The molecule has 140 valence electrons. The lowest BCUT2D eigenvalue weighted by molar-refractivity contribution is -0.138. The molecule has 0 saturated carbocycles. The van der Waals surface area contributed by atoms with E-state index >= 15 is 0 Å². The Kier molecular flexibility index (Phi) is 5.30. The van der Waals surface area contributed by atoms with Gasteiger partial charge < -0.3 is 5.11 Å². The molecule has 3 rings (SSSR count). The van der Waals surface area contributed by atoms with Crippen molar-refractivity contribution < 1.29 is 18.3 Å². The molecule has 0 aliphatic rings. The van der Waals surface area contributed by atoms with Gasteiger partial charge in [0.1, 0.15) is 6.04 Å². The van der Waals surface area contributed by atoms with Gasteiger partial charge in [0.2, 0.25) is 10.0 Å². The Balaban J connectivity index is 1.94. The molecule has 2 N–H and O–H groups in total. The van der Waals surface area contributed by atoms with E-state index in [0.717, 1.165) is 22.1 Å². The Morgan fingerprint density at radius 2 is 1.74 bits per heavy atom. The SMILES string of the molecule is Cc1ccc(CC(NS(=O)(=O)c2cccc3ccccc23)C(=O)O)c(C)c1. The van der Waals surface area contributed by atoms with Crippen molar-refractivity contribution in [1.82, 2.24) is 4.72 Å². The maximum Gasteiger partial charge on any atom is 0.322 e. The van der Waals surface area contributed by atoms with Gasteiger partial charge in [0.05, 0.1) is 4.90 Å². The molecule has 0 bridgehead atoms. The van der Waals surface area contributed by atoms with E-state index in [-0.39, 0.29) is 11.3 Å². The highest BCUT2D eigenvalue weighted by Gasteiger charge is 2.27. The Hall–Kier alpha value is -2.70. The third-order valence-electron chi connectivity index (χ3n) is 4.56. The van der Waals surface area contributed by atoms with Crippen LogP contribution < -0.4 is 4.72 Å². The Bertz CT molecular complexity index is 1100. The summed E-state index contributed by atoms with van der Waals surface area (Å²) in [6.07, 6.45) is 0.0748. The van der Waals surface area contributed by atoms with Gasteiger partial charge in [0.15, 0.2) is 0 Å². The van der Waals surface area contributed by atoms with Gasteiger partial charge in [-0.1, -0.05) is 60.2 Å². The van der Waals surface area contributed by atoms with Crippen LogP contribution >= 0.6 is 0 Å². The van der Waals surface area contributed by atoms with E-state index in [1.54, 1.807) is 18.2 Å². The Labute approximate surface area is 158 Å². The molecule has 1 atom stereocenters. The van der Waals surface area contributed by atoms with Crippen molar-refractivity contribution in [2.45, 2.75) is 31.2 Å². The number of benzene rings is 3. The summed E-state index contributed by atoms with van der Waals surface area (Å²) in [5, 5.41) is 10.9. The number of nitrogens with one attached hydrogen (secondary N) is 1. The summed E-state index contributed by atoms with van der Waals surface area (Å²) in [4.78, 5) is 11.8. The molecular formula is C21H21NO4S. The van der Waals surface area contributed by atoms with Gasteiger partial charge in [-0.15, -0.1) is 0 Å². The van der Waals surface area contributed by atoms with E-state index in [4.69, 9.17) is 0 Å². The van der Waals surface area contributed by atoms with Crippen molar-refractivity contribution in [2.75, 3.05) is 0 Å². The first-order valence-electron chi connectivity index (χ1n) is 8.57. The first kappa shape index (κ1) is 19.1. The molecule has 0 heterocycles. The summed E-state index contributed by atoms with van der Waals surface area (Å²) < 4.78 is 28.2. The molecule has 0 amide bonds. The summed E-state index contributed by atoms with van der Waals surface area (Å²) in [7, 11) is -4.00. The predicted molar refractivity (Wildman–Crippen MR) is 105 cm³/mol. The molecule has 0 radical (unpaired) electrons. The number of sulfonamides is 1. The van der Waals surface area contributed by atoms with Crippen LogP contribution in [-0.4, -0.2) is 25.5 Å². The number of carboxylic acid groups (broad SMARTS) is 1. The monoisotopic (exact) mass is 383 g/mol. The topological polar surface area (TPSA) is 83.5 Å². The maximum absolute atomic E-state index is 12.9. The molecule has 0 aliphatic carbocycles. The fraction of sp³-hybridized carbons (Fsp3) is 0.190. The zero-order valence-electron chi connectivity index (χ0n) is 15.1. The highest BCUT2D eigenvalue weighted by atomic mass is 32.2. The first-order valence-corrected chi connectivity index (χ1v) is 10.1. The lowest BCUT2D eigenvalue weighted by Crippen LogP contribution is -2.42. The quantitative estimate of drug-likeness (QED) is 0.683. The second-order valence-corrected chi connectivity index (χ2v) is 8.31. The average Bonchev–Trinajstić information content (AvgIpc) is 2.62. The van der Waals surface area contributed by atoms with E-state index < -0.39 is 22.0 Å². The van der Waals surface area contributed by atoms with Gasteiger partial charge in [-0.25, -0.2) is 8.42 Å². The van der Waals surface area contributed by atoms with Crippen LogP contribution in [0.4, 0.5) is 0 Å². The molecule has 0 aliphatic heterocycles. The largest absolute Gasteiger partial charge is 0.480 e. The van der Waals surface area contributed by atoms with E-state index in [9.17, 15) is 18.3 Å². The molecule has 0 saturated heterocycles. The van der Waals surface area contributed by atoms with Gasteiger partial charge >= 0.3 is 5.97 Å². The zero-order chi connectivity index (χ0) is 19.6. The number of aryl methyl sites for hydroxylation is 2. The van der Waals surface area contributed by atoms with Crippen LogP contribution in [0.5, 0.6) is 0 Å². The van der Waals surface area contributed by atoms with Crippen LogP contribution in [0.25, 0.3) is 10.8 Å². The highest BCUT2D eigenvalue weighted by Crippen LogP contribution is 2.23. The van der Waals surface area contributed by atoms with Crippen molar-refractivity contribution in [1.29, 1.82) is 0 Å². The van der Waals surface area contributed by atoms with Crippen LogP contribution in [0.3, 0.4) is 0 Å². The van der Waals surface area contributed by atoms with Gasteiger partial charge in [-0.05, 0) is 42.8 Å². The summed E-state index contributed by atoms with van der Waals surface area (Å²) in [6.45, 7) is 3.84. The van der Waals surface area contributed by atoms with Crippen molar-refractivity contribution in [3.8, 4) is 0 Å². The van der Waals surface area contributed by atoms with Crippen molar-refractivity contribution in [2.24, 2.45) is 0 Å². The molecule has 6 heteroatoms. The lowest BCUT2D eigenvalue weighted by atomic mass is 10.00. The van der Waals surface area contributed by atoms with Crippen LogP contribution in [0, 0.1) is 13.8 Å². The fourth-order valence-electron chi connectivity index (χ4n) is 3.15. The standard InChI is InChI=1S/C21H21NO4S/c1-14-10-11-17(15(2)12-14)13-19(21(23)24)22-27(25,26)20-9-5-7-16-6-3-4-8-18(16)20/h3-12,19,22H,13H2,1-2H3,(H,23,24). The fourth-order valence-corrected chi connectivity index (χ4v) is 4.57. The minimum Gasteiger partial charge on any atom is -0.480 e. The molecule has 3 aromatic carbocycles. The number of hydrogen-bond donors (Lipinski definition) is 2. The third-order valence-corrected chi connectivity index (χ3v) is 6.09. The summed E-state index contributed by atoms with van der Waals surface area (Å²) >= 11 is 0. The first-order chi connectivity index (χ1) is 12.8. The van der Waals surface area contributed by atoms with Crippen molar-refractivity contribution in [3.63, 3.8) is 0 Å². The van der Waals surface area contributed by atoms with Crippen LogP contribution in [0.1, 0.15) is 16.7 Å². The van der Waals surface area contributed by atoms with Gasteiger partial charge in [-0.2, -0.15) is 4.72 Å². The molecule has 1 unspecified atom stereocenters. The predicted octanol–water partition coefficient (Wildman–Crippen LogP) is 3.43. The van der Waals surface area contributed by atoms with Crippen LogP contribution in [0.15, 0.2) is 65.6 Å². The molecular weight excluding hydrogens is 362 g/mol. The minimum atomic E-state index is -4.00. The van der Waals surface area contributed by atoms with Crippen LogP contribution in [-0.2, 0) is 21.2 Å². The van der Waals surface area contributed by atoms with Gasteiger partial charge in [0, 0.05) is 5.39 Å². The molecule has 3 aromatic rings. The second-order valence-electron chi connectivity index (χ2n) is 6.62. The van der Waals surface area contributed by atoms with E-state index in [0.29, 0.717) is 5.39 Å². The third kappa shape index (κ3) is 4.18. The summed E-state index contributed by atoms with van der Waals surface area (Å²) in [6, 6.07) is 16.5. The molecule has 0 aromatic heterocycles. The zero-order valence-corrected chi connectivity index (χ0v) is 16.0. The average molecular weight is 383 g/mol. The second kappa shape index (κ2) is 7.50. The summed E-state index contributed by atoms with van der Waals surface area (Å²) in [5.74, 6) is -1.21. The Morgan fingerprint density at radius 1 is 1.04 bits per heavy atom. The van der Waals surface area contributed by atoms with Gasteiger partial charge in [0.25, 0.3) is 0 Å². The highest BCUT2D eigenvalue weighted by molar-refractivity contribution is 7.89. The lowest BCUT2D eigenvalue weighted by Gasteiger charge is -2.17. The Morgan fingerprint density at radius 3 is 2.44 bits per heavy atom. The number of fused-ring (bicyclic) bond motifs is 1. The normalized spacial score (nSPS) is 12.8. The van der Waals surface area contributed by atoms with Crippen LogP contribution in [0.2, 0.25) is 0 Å². The van der Waals surface area contributed by atoms with Crippen molar-refractivity contribution in [3.05, 3.63) is 77.4 Å².